The smallest absolute Gasteiger partial charge is 0.115 e. The van der Waals surface area contributed by atoms with Gasteiger partial charge in [-0.15, -0.1) is 11.8 Å². The molecule has 0 spiro atoms. The van der Waals surface area contributed by atoms with Crippen molar-refractivity contribution in [3.8, 4) is 5.75 Å². The summed E-state index contributed by atoms with van der Waals surface area (Å²) in [5.41, 5.74) is 0. The zero-order valence-corrected chi connectivity index (χ0v) is 10.4. The van der Waals surface area contributed by atoms with Gasteiger partial charge in [0.1, 0.15) is 5.75 Å². The maximum absolute atomic E-state index is 9.62. The molecule has 90 valence electrons. The van der Waals surface area contributed by atoms with Crippen LogP contribution in [-0.2, 0) is 4.74 Å². The summed E-state index contributed by atoms with van der Waals surface area (Å²) >= 11 is 1.55. The largest absolute Gasteiger partial charge is 0.508 e. The number of thioether (sulfide) groups is 1. The van der Waals surface area contributed by atoms with Crippen LogP contribution >= 0.6 is 11.8 Å². The highest BCUT2D eigenvalue weighted by Crippen LogP contribution is 2.21. The molecule has 0 saturated heterocycles. The lowest BCUT2D eigenvalue weighted by Gasteiger charge is -2.13. The third-order valence-electron chi connectivity index (χ3n) is 1.90. The zero-order chi connectivity index (χ0) is 12.0. The molecule has 0 aromatic heterocycles. The van der Waals surface area contributed by atoms with Crippen molar-refractivity contribution < 1.29 is 14.9 Å². The van der Waals surface area contributed by atoms with E-state index in [1.807, 2.05) is 26.0 Å². The molecular weight excluding hydrogens is 224 g/mol. The Morgan fingerprint density at radius 2 is 1.88 bits per heavy atom. The van der Waals surface area contributed by atoms with E-state index in [1.165, 1.54) is 0 Å². The Kier molecular flexibility index (Phi) is 5.66. The van der Waals surface area contributed by atoms with Gasteiger partial charge in [0.2, 0.25) is 0 Å². The molecule has 1 atom stereocenters. The second-order valence-corrected chi connectivity index (χ2v) is 4.93. The third-order valence-corrected chi connectivity index (χ3v) is 3.06. The molecule has 0 heterocycles. The lowest BCUT2D eigenvalue weighted by Crippen LogP contribution is -2.20. The zero-order valence-electron chi connectivity index (χ0n) is 9.59. The van der Waals surface area contributed by atoms with Crippen LogP contribution in [0.1, 0.15) is 13.8 Å². The van der Waals surface area contributed by atoms with Crippen molar-refractivity contribution in [1.29, 1.82) is 0 Å². The SMILES string of the molecule is CC(C)OCC(O)CSc1ccc(O)cc1. The number of hydrogen-bond acceptors (Lipinski definition) is 4. The normalized spacial score (nSPS) is 13.0. The quantitative estimate of drug-likeness (QED) is 0.751. The molecule has 2 N–H and O–H groups in total. The third kappa shape index (κ3) is 5.39. The maximum atomic E-state index is 9.62. The van der Waals surface area contributed by atoms with Crippen molar-refractivity contribution in [3.05, 3.63) is 24.3 Å². The fourth-order valence-corrected chi connectivity index (χ4v) is 1.90. The highest BCUT2D eigenvalue weighted by molar-refractivity contribution is 7.99. The molecule has 0 bridgehead atoms. The molecule has 1 unspecified atom stereocenters. The van der Waals surface area contributed by atoms with Gasteiger partial charge in [0.25, 0.3) is 0 Å². The summed E-state index contributed by atoms with van der Waals surface area (Å²) in [6.07, 6.45) is -0.311. The number of benzene rings is 1. The number of aromatic hydroxyl groups is 1. The summed E-state index contributed by atoms with van der Waals surface area (Å²) < 4.78 is 5.31. The Morgan fingerprint density at radius 3 is 2.44 bits per heavy atom. The van der Waals surface area contributed by atoms with E-state index in [1.54, 1.807) is 23.9 Å². The van der Waals surface area contributed by atoms with Gasteiger partial charge < -0.3 is 14.9 Å². The maximum Gasteiger partial charge on any atom is 0.115 e. The number of rotatable bonds is 6. The molecule has 1 aromatic carbocycles. The molecule has 4 heteroatoms. The summed E-state index contributed by atoms with van der Waals surface area (Å²) in [4.78, 5) is 1.03. The van der Waals surface area contributed by atoms with Crippen molar-refractivity contribution in [2.24, 2.45) is 0 Å². The van der Waals surface area contributed by atoms with Crippen molar-refractivity contribution >= 4 is 11.8 Å². The second kappa shape index (κ2) is 6.78. The van der Waals surface area contributed by atoms with E-state index >= 15 is 0 Å². The molecular formula is C12H18O3S. The van der Waals surface area contributed by atoms with E-state index in [2.05, 4.69) is 0 Å². The highest BCUT2D eigenvalue weighted by Gasteiger charge is 2.06. The first-order valence-electron chi connectivity index (χ1n) is 5.29. The van der Waals surface area contributed by atoms with E-state index in [0.717, 1.165) is 4.90 Å². The Balaban J connectivity index is 2.26. The minimum Gasteiger partial charge on any atom is -0.508 e. The Bertz CT molecular complexity index is 298. The van der Waals surface area contributed by atoms with E-state index in [0.29, 0.717) is 12.4 Å². The van der Waals surface area contributed by atoms with Gasteiger partial charge in [0.15, 0.2) is 0 Å². The lowest BCUT2D eigenvalue weighted by molar-refractivity contribution is 0.0152. The van der Waals surface area contributed by atoms with Gasteiger partial charge in [-0.3, -0.25) is 0 Å². The van der Waals surface area contributed by atoms with Crippen LogP contribution in [0.5, 0.6) is 5.75 Å². The fourth-order valence-electron chi connectivity index (χ4n) is 1.09. The van der Waals surface area contributed by atoms with Crippen LogP contribution in [0.25, 0.3) is 0 Å². The van der Waals surface area contributed by atoms with Gasteiger partial charge in [-0.25, -0.2) is 0 Å². The number of phenols is 1. The van der Waals surface area contributed by atoms with E-state index < -0.39 is 6.10 Å². The van der Waals surface area contributed by atoms with Crippen LogP contribution in [0.3, 0.4) is 0 Å². The minimum absolute atomic E-state index is 0.147. The molecule has 0 aliphatic carbocycles. The molecule has 1 aromatic rings. The molecule has 0 amide bonds. The van der Waals surface area contributed by atoms with Gasteiger partial charge in [-0.1, -0.05) is 0 Å². The van der Waals surface area contributed by atoms with Crippen molar-refractivity contribution in [2.45, 2.75) is 31.0 Å². The van der Waals surface area contributed by atoms with Crippen LogP contribution in [0.2, 0.25) is 0 Å². The fraction of sp³-hybridized carbons (Fsp3) is 0.500. The van der Waals surface area contributed by atoms with Crippen molar-refractivity contribution in [3.63, 3.8) is 0 Å². The molecule has 0 aliphatic rings. The number of phenolic OH excluding ortho intramolecular Hbond substituents is 1. The van der Waals surface area contributed by atoms with Gasteiger partial charge in [0, 0.05) is 10.6 Å². The second-order valence-electron chi connectivity index (χ2n) is 3.84. The molecule has 3 nitrogen and oxygen atoms in total. The number of hydrogen-bond donors (Lipinski definition) is 2. The van der Waals surface area contributed by atoms with E-state index in [4.69, 9.17) is 9.84 Å². The Morgan fingerprint density at radius 1 is 1.25 bits per heavy atom. The standard InChI is InChI=1S/C12H18O3S/c1-9(2)15-7-11(14)8-16-12-5-3-10(13)4-6-12/h3-6,9,11,13-14H,7-8H2,1-2H3. The molecule has 0 aliphatic heterocycles. The topological polar surface area (TPSA) is 49.7 Å². The van der Waals surface area contributed by atoms with Gasteiger partial charge >= 0.3 is 0 Å². The molecule has 0 saturated carbocycles. The van der Waals surface area contributed by atoms with Gasteiger partial charge in [-0.05, 0) is 38.1 Å². The molecule has 1 rings (SSSR count). The number of ether oxygens (including phenoxy) is 1. The summed E-state index contributed by atoms with van der Waals surface area (Å²) in [5, 5.41) is 18.7. The molecule has 0 radical (unpaired) electrons. The Labute approximate surface area is 100 Å². The molecule has 16 heavy (non-hydrogen) atoms. The first kappa shape index (κ1) is 13.4. The number of aliphatic hydroxyl groups is 1. The minimum atomic E-state index is -0.457. The monoisotopic (exact) mass is 242 g/mol. The highest BCUT2D eigenvalue weighted by atomic mass is 32.2. The van der Waals surface area contributed by atoms with Gasteiger partial charge in [0.05, 0.1) is 18.8 Å². The van der Waals surface area contributed by atoms with E-state index in [-0.39, 0.29) is 11.9 Å². The van der Waals surface area contributed by atoms with E-state index in [9.17, 15) is 5.11 Å². The summed E-state index contributed by atoms with van der Waals surface area (Å²) in [6.45, 7) is 4.25. The molecule has 0 fully saturated rings. The lowest BCUT2D eigenvalue weighted by atomic mass is 10.3. The summed E-state index contributed by atoms with van der Waals surface area (Å²) in [6, 6.07) is 6.94. The Hall–Kier alpha value is -0.710. The number of aliphatic hydroxyl groups excluding tert-OH is 1. The van der Waals surface area contributed by atoms with Crippen LogP contribution < -0.4 is 0 Å². The van der Waals surface area contributed by atoms with Crippen molar-refractivity contribution in [1.82, 2.24) is 0 Å². The van der Waals surface area contributed by atoms with Crippen LogP contribution in [0, 0.1) is 0 Å². The average molecular weight is 242 g/mol. The van der Waals surface area contributed by atoms with Crippen LogP contribution in [0.15, 0.2) is 29.2 Å². The predicted molar refractivity (Wildman–Crippen MR) is 65.9 cm³/mol. The van der Waals surface area contributed by atoms with Gasteiger partial charge in [-0.2, -0.15) is 0 Å². The first-order valence-corrected chi connectivity index (χ1v) is 6.28. The first-order chi connectivity index (χ1) is 7.58. The van der Waals surface area contributed by atoms with Crippen LogP contribution in [-0.4, -0.2) is 34.8 Å². The van der Waals surface area contributed by atoms with Crippen LogP contribution in [0.4, 0.5) is 0 Å². The van der Waals surface area contributed by atoms with Crippen molar-refractivity contribution in [2.75, 3.05) is 12.4 Å². The summed E-state index contributed by atoms with van der Waals surface area (Å²) in [7, 11) is 0. The summed E-state index contributed by atoms with van der Waals surface area (Å²) in [5.74, 6) is 0.852. The average Bonchev–Trinajstić information content (AvgIpc) is 2.25. The predicted octanol–water partition coefficient (Wildman–Crippen LogP) is 2.27.